The Labute approximate surface area is 201 Å². The van der Waals surface area contributed by atoms with Crippen molar-refractivity contribution in [1.29, 1.82) is 0 Å². The highest BCUT2D eigenvalue weighted by molar-refractivity contribution is 5.95. The number of aryl methyl sites for hydroxylation is 1. The summed E-state index contributed by atoms with van der Waals surface area (Å²) >= 11 is 0. The Morgan fingerprint density at radius 1 is 0.886 bits per heavy atom. The van der Waals surface area contributed by atoms with Gasteiger partial charge < -0.3 is 20.1 Å². The average Bonchev–Trinajstić information content (AvgIpc) is 2.85. The van der Waals surface area contributed by atoms with Crippen LogP contribution in [-0.2, 0) is 14.3 Å². The minimum atomic E-state index is -0.661. The summed E-state index contributed by atoms with van der Waals surface area (Å²) in [4.78, 5) is 46.0. The molecule has 2 amide bonds. The Morgan fingerprint density at radius 2 is 1.49 bits per heavy atom. The molecule has 10 heteroatoms. The summed E-state index contributed by atoms with van der Waals surface area (Å²) in [5.74, 6) is -0.357. The highest BCUT2D eigenvalue weighted by atomic mass is 16.6. The fourth-order valence-corrected chi connectivity index (χ4v) is 2.88. The van der Waals surface area contributed by atoms with Crippen molar-refractivity contribution in [3.8, 4) is 11.5 Å². The molecule has 3 aromatic carbocycles. The molecule has 3 aromatic rings. The van der Waals surface area contributed by atoms with Crippen LogP contribution in [0, 0.1) is 17.0 Å². The number of ether oxygens (including phenoxy) is 2. The first-order valence-corrected chi connectivity index (χ1v) is 10.6. The smallest absolute Gasteiger partial charge is 0.308 e. The molecule has 0 heterocycles. The van der Waals surface area contributed by atoms with Crippen LogP contribution in [0.3, 0.4) is 0 Å². The molecule has 0 aliphatic rings. The second kappa shape index (κ2) is 11.9. The van der Waals surface area contributed by atoms with E-state index in [4.69, 9.17) is 9.47 Å². The maximum absolute atomic E-state index is 12.0. The van der Waals surface area contributed by atoms with Gasteiger partial charge in [-0.2, -0.15) is 0 Å². The molecule has 0 aliphatic carbocycles. The highest BCUT2D eigenvalue weighted by Gasteiger charge is 2.12. The van der Waals surface area contributed by atoms with Crippen molar-refractivity contribution in [2.75, 3.05) is 18.5 Å². The van der Waals surface area contributed by atoms with E-state index in [-0.39, 0.29) is 24.2 Å². The second-order valence-electron chi connectivity index (χ2n) is 7.46. The Balaban J connectivity index is 1.35. The maximum atomic E-state index is 12.0. The van der Waals surface area contributed by atoms with Crippen molar-refractivity contribution in [1.82, 2.24) is 5.32 Å². The van der Waals surface area contributed by atoms with Gasteiger partial charge in [-0.15, -0.1) is 0 Å². The summed E-state index contributed by atoms with van der Waals surface area (Å²) in [6.07, 6.45) is -0.142. The third-order valence-electron chi connectivity index (χ3n) is 4.71. The van der Waals surface area contributed by atoms with Crippen LogP contribution in [0.5, 0.6) is 11.5 Å². The van der Waals surface area contributed by atoms with Crippen LogP contribution in [0.1, 0.15) is 22.3 Å². The first-order valence-electron chi connectivity index (χ1n) is 10.6. The number of hydrogen-bond acceptors (Lipinski definition) is 7. The molecule has 0 saturated heterocycles. The van der Waals surface area contributed by atoms with Crippen molar-refractivity contribution >= 4 is 29.2 Å². The Bertz CT molecular complexity index is 1190. The normalized spacial score (nSPS) is 10.2. The highest BCUT2D eigenvalue weighted by Crippen LogP contribution is 2.23. The molecule has 0 aliphatic heterocycles. The van der Waals surface area contributed by atoms with Crippen molar-refractivity contribution in [2.24, 2.45) is 0 Å². The first kappa shape index (κ1) is 24.9. The Morgan fingerprint density at radius 3 is 2.09 bits per heavy atom. The number of nitro groups is 1. The molecule has 35 heavy (non-hydrogen) atoms. The standard InChI is InChI=1S/C25H23N3O7/c1-17-2-10-21(11-3-17)35-22-12-6-19(7-13-22)27-23(29)16-34-24(30)14-15-26-25(31)18-4-8-20(9-5-18)28(32)33/h2-13H,14-16H2,1H3,(H,26,31)(H,27,29). The largest absolute Gasteiger partial charge is 0.457 e. The molecule has 0 radical (unpaired) electrons. The molecule has 0 spiro atoms. The minimum absolute atomic E-state index is 0.0152. The average molecular weight is 477 g/mol. The molecule has 2 N–H and O–H groups in total. The molecule has 0 bridgehead atoms. The van der Waals surface area contributed by atoms with Gasteiger partial charge >= 0.3 is 5.97 Å². The van der Waals surface area contributed by atoms with E-state index in [9.17, 15) is 24.5 Å². The SMILES string of the molecule is Cc1ccc(Oc2ccc(NC(=O)COC(=O)CCNC(=O)c3ccc([N+](=O)[O-])cc3)cc2)cc1. The lowest BCUT2D eigenvalue weighted by Gasteiger charge is -2.09. The number of hydrogen-bond donors (Lipinski definition) is 2. The van der Waals surface area contributed by atoms with E-state index in [2.05, 4.69) is 10.6 Å². The number of esters is 1. The fraction of sp³-hybridized carbons (Fsp3) is 0.160. The molecular weight excluding hydrogens is 454 g/mol. The van der Waals surface area contributed by atoms with Crippen LogP contribution in [0.15, 0.2) is 72.8 Å². The van der Waals surface area contributed by atoms with Gasteiger partial charge in [0.25, 0.3) is 17.5 Å². The summed E-state index contributed by atoms with van der Waals surface area (Å²) < 4.78 is 10.6. The number of nitrogens with one attached hydrogen (secondary N) is 2. The fourth-order valence-electron chi connectivity index (χ4n) is 2.88. The molecule has 10 nitrogen and oxygen atoms in total. The number of carbonyl (C=O) groups excluding carboxylic acids is 3. The second-order valence-corrected chi connectivity index (χ2v) is 7.46. The zero-order chi connectivity index (χ0) is 25.2. The van der Waals surface area contributed by atoms with Gasteiger partial charge in [0, 0.05) is 29.9 Å². The van der Waals surface area contributed by atoms with Gasteiger partial charge in [0.1, 0.15) is 11.5 Å². The zero-order valence-corrected chi connectivity index (χ0v) is 18.9. The molecule has 0 aromatic heterocycles. The van der Waals surface area contributed by atoms with Gasteiger partial charge in [0.15, 0.2) is 6.61 Å². The Kier molecular flexibility index (Phi) is 8.49. The van der Waals surface area contributed by atoms with Crippen molar-refractivity contribution in [2.45, 2.75) is 13.3 Å². The number of non-ortho nitro benzene ring substituents is 1. The van der Waals surface area contributed by atoms with Crippen LogP contribution >= 0.6 is 0 Å². The molecular formula is C25H23N3O7. The lowest BCUT2D eigenvalue weighted by Crippen LogP contribution is -2.27. The zero-order valence-electron chi connectivity index (χ0n) is 18.9. The van der Waals surface area contributed by atoms with Crippen LogP contribution in [0.25, 0.3) is 0 Å². The third kappa shape index (κ3) is 7.97. The molecule has 180 valence electrons. The third-order valence-corrected chi connectivity index (χ3v) is 4.71. The minimum Gasteiger partial charge on any atom is -0.457 e. The van der Waals surface area contributed by atoms with E-state index in [0.29, 0.717) is 17.2 Å². The predicted octanol–water partition coefficient (Wildman–Crippen LogP) is 4.00. The van der Waals surface area contributed by atoms with Crippen molar-refractivity contribution < 1.29 is 28.8 Å². The number of anilines is 1. The summed E-state index contributed by atoms with van der Waals surface area (Å²) in [5, 5.41) is 15.8. The van der Waals surface area contributed by atoms with Crippen molar-refractivity contribution in [3.05, 3.63) is 94.0 Å². The molecule has 0 fully saturated rings. The summed E-state index contributed by atoms with van der Waals surface area (Å²) in [6, 6.07) is 19.4. The quantitative estimate of drug-likeness (QED) is 0.256. The van der Waals surface area contributed by atoms with E-state index in [0.717, 1.165) is 5.56 Å². The lowest BCUT2D eigenvalue weighted by atomic mass is 10.2. The summed E-state index contributed by atoms with van der Waals surface area (Å²) in [7, 11) is 0. The first-order chi connectivity index (χ1) is 16.8. The molecule has 0 unspecified atom stereocenters. The number of carbonyl (C=O) groups is 3. The number of nitro benzene ring substituents is 1. The van der Waals surface area contributed by atoms with Gasteiger partial charge in [-0.1, -0.05) is 17.7 Å². The number of rotatable bonds is 10. The van der Waals surface area contributed by atoms with E-state index >= 15 is 0 Å². The van der Waals surface area contributed by atoms with E-state index in [1.165, 1.54) is 24.3 Å². The lowest BCUT2D eigenvalue weighted by molar-refractivity contribution is -0.384. The summed E-state index contributed by atoms with van der Waals surface area (Å²) in [5.41, 5.74) is 1.73. The predicted molar refractivity (Wildman–Crippen MR) is 127 cm³/mol. The molecule has 0 saturated carbocycles. The van der Waals surface area contributed by atoms with Gasteiger partial charge in [-0.25, -0.2) is 0 Å². The summed E-state index contributed by atoms with van der Waals surface area (Å²) in [6.45, 7) is 1.50. The number of benzene rings is 3. The monoisotopic (exact) mass is 477 g/mol. The van der Waals surface area contributed by atoms with E-state index in [1.807, 2.05) is 31.2 Å². The van der Waals surface area contributed by atoms with Crippen LogP contribution in [0.4, 0.5) is 11.4 Å². The van der Waals surface area contributed by atoms with Crippen LogP contribution in [-0.4, -0.2) is 35.9 Å². The molecule has 3 rings (SSSR count). The van der Waals surface area contributed by atoms with Gasteiger partial charge in [-0.3, -0.25) is 24.5 Å². The van der Waals surface area contributed by atoms with Crippen molar-refractivity contribution in [3.63, 3.8) is 0 Å². The maximum Gasteiger partial charge on any atom is 0.308 e. The van der Waals surface area contributed by atoms with Crippen LogP contribution in [0.2, 0.25) is 0 Å². The van der Waals surface area contributed by atoms with Gasteiger partial charge in [-0.05, 0) is 55.5 Å². The van der Waals surface area contributed by atoms with Crippen LogP contribution < -0.4 is 15.4 Å². The number of nitrogens with zero attached hydrogens (tertiary/aromatic N) is 1. The van der Waals surface area contributed by atoms with E-state index < -0.39 is 29.3 Å². The topological polar surface area (TPSA) is 137 Å². The van der Waals surface area contributed by atoms with Gasteiger partial charge in [0.05, 0.1) is 11.3 Å². The number of amides is 2. The van der Waals surface area contributed by atoms with Gasteiger partial charge in [0.2, 0.25) is 0 Å². The Hall–Kier alpha value is -4.73. The molecule has 0 atom stereocenters. The van der Waals surface area contributed by atoms with E-state index in [1.54, 1.807) is 24.3 Å².